The Morgan fingerprint density at radius 1 is 1.11 bits per heavy atom. The minimum atomic E-state index is -0.180. The van der Waals surface area contributed by atoms with Gasteiger partial charge in [0.15, 0.2) is 0 Å². The Hall–Kier alpha value is -0.900. The first-order chi connectivity index (χ1) is 8.70. The topological polar surface area (TPSA) is 43.7 Å². The molecular weight excluding hydrogens is 226 g/mol. The van der Waals surface area contributed by atoms with Gasteiger partial charge in [-0.25, -0.2) is 0 Å². The zero-order valence-electron chi connectivity index (χ0n) is 11.0. The molecule has 2 atom stereocenters. The second-order valence-electron chi connectivity index (χ2n) is 5.31. The summed E-state index contributed by atoms with van der Waals surface area (Å²) in [5.41, 5.74) is 2.17. The third-order valence-electron chi connectivity index (χ3n) is 3.90. The summed E-state index contributed by atoms with van der Waals surface area (Å²) in [5, 5.41) is 19.0. The van der Waals surface area contributed by atoms with E-state index in [1.807, 2.05) is 12.1 Å². The van der Waals surface area contributed by atoms with Gasteiger partial charge in [-0.3, -0.25) is 4.90 Å². The molecule has 1 saturated carbocycles. The molecule has 3 nitrogen and oxygen atoms in total. The molecule has 1 fully saturated rings. The molecular formula is C15H23NO2. The summed E-state index contributed by atoms with van der Waals surface area (Å²) in [4.78, 5) is 2.25. The van der Waals surface area contributed by atoms with Crippen LogP contribution < -0.4 is 0 Å². The van der Waals surface area contributed by atoms with E-state index in [1.165, 1.54) is 12.0 Å². The van der Waals surface area contributed by atoms with Gasteiger partial charge in [0.05, 0.1) is 12.7 Å². The number of aliphatic hydroxyl groups is 2. The fourth-order valence-corrected chi connectivity index (χ4v) is 2.76. The fraction of sp³-hybridized carbons (Fsp3) is 0.600. The molecule has 0 bridgehead atoms. The number of rotatable bonds is 4. The molecule has 18 heavy (non-hydrogen) atoms. The minimum absolute atomic E-state index is 0.0947. The lowest BCUT2D eigenvalue weighted by Gasteiger charge is -2.35. The molecule has 3 heteroatoms. The van der Waals surface area contributed by atoms with E-state index in [9.17, 15) is 5.11 Å². The van der Waals surface area contributed by atoms with Crippen LogP contribution in [0, 0.1) is 0 Å². The molecule has 0 saturated heterocycles. The van der Waals surface area contributed by atoms with Crippen LogP contribution in [0.4, 0.5) is 0 Å². The Kier molecular flexibility index (Phi) is 4.75. The van der Waals surface area contributed by atoms with Crippen molar-refractivity contribution in [2.45, 2.75) is 51.0 Å². The van der Waals surface area contributed by atoms with Gasteiger partial charge < -0.3 is 10.2 Å². The van der Waals surface area contributed by atoms with Crippen molar-refractivity contribution in [1.29, 1.82) is 0 Å². The first-order valence-electron chi connectivity index (χ1n) is 6.77. The van der Waals surface area contributed by atoms with E-state index in [0.717, 1.165) is 31.4 Å². The quantitative estimate of drug-likeness (QED) is 0.856. The third kappa shape index (κ3) is 3.31. The van der Waals surface area contributed by atoms with Crippen molar-refractivity contribution in [3.8, 4) is 0 Å². The van der Waals surface area contributed by atoms with Gasteiger partial charge in [0.1, 0.15) is 0 Å². The average molecular weight is 249 g/mol. The van der Waals surface area contributed by atoms with Crippen molar-refractivity contribution in [3.05, 3.63) is 35.4 Å². The van der Waals surface area contributed by atoms with Gasteiger partial charge in [-0.2, -0.15) is 0 Å². The molecule has 1 aromatic carbocycles. The summed E-state index contributed by atoms with van der Waals surface area (Å²) in [6.07, 6.45) is 4.21. The summed E-state index contributed by atoms with van der Waals surface area (Å²) >= 11 is 0. The Labute approximate surface area is 109 Å². The van der Waals surface area contributed by atoms with Crippen LogP contribution in [0.2, 0.25) is 0 Å². The predicted molar refractivity (Wildman–Crippen MR) is 72.1 cm³/mol. The summed E-state index contributed by atoms with van der Waals surface area (Å²) < 4.78 is 0. The van der Waals surface area contributed by atoms with Crippen LogP contribution in [-0.4, -0.2) is 34.3 Å². The van der Waals surface area contributed by atoms with E-state index >= 15 is 0 Å². The summed E-state index contributed by atoms with van der Waals surface area (Å²) in [7, 11) is 2.08. The van der Waals surface area contributed by atoms with E-state index in [1.54, 1.807) is 0 Å². The van der Waals surface area contributed by atoms with Gasteiger partial charge in [-0.05, 0) is 31.0 Å². The van der Waals surface area contributed by atoms with Crippen LogP contribution in [0.3, 0.4) is 0 Å². The second-order valence-corrected chi connectivity index (χ2v) is 5.31. The molecule has 1 aromatic rings. The summed E-state index contributed by atoms with van der Waals surface area (Å²) in [5.74, 6) is 0. The normalized spacial score (nSPS) is 24.4. The van der Waals surface area contributed by atoms with E-state index in [-0.39, 0.29) is 18.8 Å². The first kappa shape index (κ1) is 13.5. The van der Waals surface area contributed by atoms with Crippen LogP contribution in [0.15, 0.2) is 24.3 Å². The number of hydrogen-bond donors (Lipinski definition) is 2. The standard InChI is InChI=1S/C15H23NO2/c1-16(14-4-2-3-5-15(14)18)10-12-6-8-13(11-17)9-7-12/h6-9,14-15,17-18H,2-5,10-11H2,1H3. The van der Waals surface area contributed by atoms with Crippen molar-refractivity contribution in [3.63, 3.8) is 0 Å². The maximum absolute atomic E-state index is 10.0. The number of aliphatic hydroxyl groups excluding tert-OH is 2. The van der Waals surface area contributed by atoms with Crippen molar-refractivity contribution in [2.75, 3.05) is 7.05 Å². The zero-order valence-corrected chi connectivity index (χ0v) is 11.0. The second kappa shape index (κ2) is 6.32. The van der Waals surface area contributed by atoms with Crippen LogP contribution in [0.1, 0.15) is 36.8 Å². The maximum atomic E-state index is 10.0. The fourth-order valence-electron chi connectivity index (χ4n) is 2.76. The highest BCUT2D eigenvalue weighted by Gasteiger charge is 2.26. The van der Waals surface area contributed by atoms with Crippen LogP contribution in [0.25, 0.3) is 0 Å². The van der Waals surface area contributed by atoms with Gasteiger partial charge in [0.2, 0.25) is 0 Å². The molecule has 0 heterocycles. The highest BCUT2D eigenvalue weighted by atomic mass is 16.3. The molecule has 100 valence electrons. The average Bonchev–Trinajstić information content (AvgIpc) is 2.40. The Morgan fingerprint density at radius 3 is 2.33 bits per heavy atom. The molecule has 2 N–H and O–H groups in total. The lowest BCUT2D eigenvalue weighted by atomic mass is 9.91. The smallest absolute Gasteiger partial charge is 0.0695 e. The number of nitrogens with zero attached hydrogens (tertiary/aromatic N) is 1. The SMILES string of the molecule is CN(Cc1ccc(CO)cc1)C1CCCCC1O. The highest BCUT2D eigenvalue weighted by molar-refractivity contribution is 5.21. The number of benzene rings is 1. The van der Waals surface area contributed by atoms with Gasteiger partial charge in [-0.15, -0.1) is 0 Å². The lowest BCUT2D eigenvalue weighted by Crippen LogP contribution is -2.42. The zero-order chi connectivity index (χ0) is 13.0. The van der Waals surface area contributed by atoms with Crippen LogP contribution >= 0.6 is 0 Å². The number of likely N-dealkylation sites (N-methyl/N-ethyl adjacent to an activating group) is 1. The molecule has 1 aliphatic carbocycles. The van der Waals surface area contributed by atoms with Crippen LogP contribution in [-0.2, 0) is 13.2 Å². The highest BCUT2D eigenvalue weighted by Crippen LogP contribution is 2.23. The van der Waals surface area contributed by atoms with E-state index < -0.39 is 0 Å². The maximum Gasteiger partial charge on any atom is 0.0695 e. The van der Waals surface area contributed by atoms with Gasteiger partial charge in [0, 0.05) is 12.6 Å². The monoisotopic (exact) mass is 249 g/mol. The Balaban J connectivity index is 1.94. The Morgan fingerprint density at radius 2 is 1.72 bits per heavy atom. The van der Waals surface area contributed by atoms with Crippen molar-refractivity contribution in [1.82, 2.24) is 4.90 Å². The molecule has 0 aliphatic heterocycles. The third-order valence-corrected chi connectivity index (χ3v) is 3.90. The van der Waals surface area contributed by atoms with Gasteiger partial charge >= 0.3 is 0 Å². The van der Waals surface area contributed by atoms with E-state index in [2.05, 4.69) is 24.1 Å². The van der Waals surface area contributed by atoms with Crippen molar-refractivity contribution in [2.24, 2.45) is 0 Å². The molecule has 0 aromatic heterocycles. The minimum Gasteiger partial charge on any atom is -0.392 e. The van der Waals surface area contributed by atoms with E-state index in [0.29, 0.717) is 0 Å². The van der Waals surface area contributed by atoms with Crippen molar-refractivity contribution < 1.29 is 10.2 Å². The van der Waals surface area contributed by atoms with Crippen LogP contribution in [0.5, 0.6) is 0 Å². The molecule has 0 radical (unpaired) electrons. The Bertz CT molecular complexity index is 363. The number of hydrogen-bond acceptors (Lipinski definition) is 3. The predicted octanol–water partition coefficient (Wildman–Crippen LogP) is 1.91. The van der Waals surface area contributed by atoms with Gasteiger partial charge in [0.25, 0.3) is 0 Å². The lowest BCUT2D eigenvalue weighted by molar-refractivity contribution is 0.0288. The van der Waals surface area contributed by atoms with Crippen molar-refractivity contribution >= 4 is 0 Å². The largest absolute Gasteiger partial charge is 0.392 e. The molecule has 0 spiro atoms. The summed E-state index contributed by atoms with van der Waals surface area (Å²) in [6, 6.07) is 8.31. The molecule has 2 rings (SSSR count). The molecule has 2 unspecified atom stereocenters. The van der Waals surface area contributed by atoms with Gasteiger partial charge in [-0.1, -0.05) is 37.1 Å². The molecule has 1 aliphatic rings. The first-order valence-corrected chi connectivity index (χ1v) is 6.77. The van der Waals surface area contributed by atoms with E-state index in [4.69, 9.17) is 5.11 Å². The molecule has 0 amide bonds. The summed E-state index contributed by atoms with van der Waals surface area (Å²) in [6.45, 7) is 0.949.